The number of benzene rings is 1. The van der Waals surface area contributed by atoms with E-state index in [-0.39, 0.29) is 23.3 Å². The Bertz CT molecular complexity index is 606. The Balaban J connectivity index is 1.93. The molecule has 0 amide bonds. The first-order valence-corrected chi connectivity index (χ1v) is 8.69. The topological polar surface area (TPSA) is 92.7 Å². The third-order valence-corrected chi connectivity index (χ3v) is 5.51. The molecule has 122 valence electrons. The van der Waals surface area contributed by atoms with Gasteiger partial charge in [0.25, 0.3) is 0 Å². The maximum atomic E-state index is 12.1. The van der Waals surface area contributed by atoms with E-state index in [2.05, 4.69) is 4.72 Å². The monoisotopic (exact) mass is 327 g/mol. The normalized spacial score (nSPS) is 25.6. The van der Waals surface area contributed by atoms with E-state index in [1.54, 1.807) is 18.2 Å². The number of ether oxygens (including phenoxy) is 1. The summed E-state index contributed by atoms with van der Waals surface area (Å²) in [6, 6.07) is 8.03. The van der Waals surface area contributed by atoms with E-state index in [0.717, 1.165) is 0 Å². The molecule has 1 aliphatic rings. The molecule has 0 saturated heterocycles. The summed E-state index contributed by atoms with van der Waals surface area (Å²) < 4.78 is 31.4. The average Bonchev–Trinajstić information content (AvgIpc) is 2.54. The van der Waals surface area contributed by atoms with Crippen LogP contribution in [0.15, 0.2) is 35.2 Å². The quantitative estimate of drug-likeness (QED) is 0.789. The third kappa shape index (κ3) is 4.06. The summed E-state index contributed by atoms with van der Waals surface area (Å²) in [6.45, 7) is -0.0574. The zero-order chi connectivity index (χ0) is 16.2. The largest absolute Gasteiger partial charge is 0.469 e. The SMILES string of the molecule is COC(=O)C1CCC(O)(CNS(=O)(=O)c2ccccc2)CC1. The first-order valence-electron chi connectivity index (χ1n) is 7.21. The van der Waals surface area contributed by atoms with Crippen molar-refractivity contribution in [3.8, 4) is 0 Å². The van der Waals surface area contributed by atoms with Crippen LogP contribution in [-0.2, 0) is 19.6 Å². The number of sulfonamides is 1. The predicted octanol–water partition coefficient (Wildman–Crippen LogP) is 1.06. The van der Waals surface area contributed by atoms with Gasteiger partial charge < -0.3 is 9.84 Å². The summed E-state index contributed by atoms with van der Waals surface area (Å²) in [5.74, 6) is -0.483. The second-order valence-corrected chi connectivity index (χ2v) is 7.43. The Morgan fingerprint density at radius 2 is 1.91 bits per heavy atom. The van der Waals surface area contributed by atoms with E-state index >= 15 is 0 Å². The molecule has 22 heavy (non-hydrogen) atoms. The maximum absolute atomic E-state index is 12.1. The molecule has 6 nitrogen and oxygen atoms in total. The molecule has 0 bridgehead atoms. The van der Waals surface area contributed by atoms with Gasteiger partial charge in [-0.2, -0.15) is 0 Å². The molecule has 7 heteroatoms. The van der Waals surface area contributed by atoms with Crippen molar-refractivity contribution in [1.29, 1.82) is 0 Å². The second kappa shape index (κ2) is 6.76. The molecule has 1 aromatic carbocycles. The number of carbonyl (C=O) groups excluding carboxylic acids is 1. The first kappa shape index (κ1) is 16.9. The molecule has 0 heterocycles. The summed E-state index contributed by atoms with van der Waals surface area (Å²) in [4.78, 5) is 11.6. The number of esters is 1. The van der Waals surface area contributed by atoms with Crippen molar-refractivity contribution in [1.82, 2.24) is 4.72 Å². The highest BCUT2D eigenvalue weighted by Crippen LogP contribution is 2.32. The fraction of sp³-hybridized carbons (Fsp3) is 0.533. The standard InChI is InChI=1S/C15H21NO5S/c1-21-14(17)12-7-9-15(18,10-8-12)11-16-22(19,20)13-5-3-2-4-6-13/h2-6,12,16,18H,7-11H2,1H3. The minimum atomic E-state index is -3.63. The number of methoxy groups -OCH3 is 1. The number of rotatable bonds is 5. The van der Waals surface area contributed by atoms with Crippen LogP contribution in [0.3, 0.4) is 0 Å². The molecule has 0 aromatic heterocycles. The summed E-state index contributed by atoms with van der Waals surface area (Å²) in [7, 11) is -2.29. The molecule has 2 N–H and O–H groups in total. The number of hydrogen-bond donors (Lipinski definition) is 2. The smallest absolute Gasteiger partial charge is 0.308 e. The third-order valence-electron chi connectivity index (χ3n) is 4.10. The first-order chi connectivity index (χ1) is 10.4. The van der Waals surface area contributed by atoms with Crippen molar-refractivity contribution in [2.24, 2.45) is 5.92 Å². The average molecular weight is 327 g/mol. The lowest BCUT2D eigenvalue weighted by molar-refractivity contribution is -0.148. The highest BCUT2D eigenvalue weighted by Gasteiger charge is 2.37. The molecule has 1 fully saturated rings. The van der Waals surface area contributed by atoms with Gasteiger partial charge in [0.1, 0.15) is 0 Å². The van der Waals surface area contributed by atoms with Crippen LogP contribution in [0.2, 0.25) is 0 Å². The Labute approximate surface area is 130 Å². The molecule has 1 aromatic rings. The molecule has 1 aliphatic carbocycles. The van der Waals surface area contributed by atoms with Gasteiger partial charge in [-0.25, -0.2) is 13.1 Å². The number of aliphatic hydroxyl groups is 1. The molecule has 0 spiro atoms. The lowest BCUT2D eigenvalue weighted by Gasteiger charge is -2.35. The van der Waals surface area contributed by atoms with E-state index in [4.69, 9.17) is 4.74 Å². The molecule has 2 rings (SSSR count). The van der Waals surface area contributed by atoms with Crippen LogP contribution in [0.25, 0.3) is 0 Å². The van der Waals surface area contributed by atoms with Crippen molar-refractivity contribution in [3.05, 3.63) is 30.3 Å². The molecule has 1 saturated carbocycles. The lowest BCUT2D eigenvalue weighted by atomic mass is 9.79. The van der Waals surface area contributed by atoms with E-state index in [1.165, 1.54) is 19.2 Å². The van der Waals surface area contributed by atoms with Gasteiger partial charge in [0.15, 0.2) is 0 Å². The maximum Gasteiger partial charge on any atom is 0.308 e. The molecule has 0 radical (unpaired) electrons. The van der Waals surface area contributed by atoms with Crippen LogP contribution in [0.4, 0.5) is 0 Å². The van der Waals surface area contributed by atoms with Gasteiger partial charge in [-0.1, -0.05) is 18.2 Å². The minimum Gasteiger partial charge on any atom is -0.469 e. The van der Waals surface area contributed by atoms with Gasteiger partial charge in [-0.3, -0.25) is 4.79 Å². The van der Waals surface area contributed by atoms with E-state index in [9.17, 15) is 18.3 Å². The van der Waals surface area contributed by atoms with Crippen molar-refractivity contribution < 1.29 is 23.1 Å². The molecular weight excluding hydrogens is 306 g/mol. The highest BCUT2D eigenvalue weighted by atomic mass is 32.2. The summed E-state index contributed by atoms with van der Waals surface area (Å²) in [5, 5.41) is 10.5. The van der Waals surface area contributed by atoms with Gasteiger partial charge >= 0.3 is 5.97 Å². The van der Waals surface area contributed by atoms with Crippen LogP contribution in [0.1, 0.15) is 25.7 Å². The zero-order valence-corrected chi connectivity index (χ0v) is 13.3. The van der Waals surface area contributed by atoms with Crippen LogP contribution in [-0.4, -0.2) is 38.7 Å². The lowest BCUT2D eigenvalue weighted by Crippen LogP contribution is -2.46. The van der Waals surface area contributed by atoms with Crippen LogP contribution in [0.5, 0.6) is 0 Å². The fourth-order valence-electron chi connectivity index (χ4n) is 2.65. The fourth-order valence-corrected chi connectivity index (χ4v) is 3.79. The molecule has 0 aliphatic heterocycles. The summed E-state index contributed by atoms with van der Waals surface area (Å²) in [6.07, 6.45) is 1.72. The van der Waals surface area contributed by atoms with Gasteiger partial charge in [-0.15, -0.1) is 0 Å². The van der Waals surface area contributed by atoms with Crippen LogP contribution < -0.4 is 4.72 Å². The Hall–Kier alpha value is -1.44. The minimum absolute atomic E-state index is 0.0574. The Morgan fingerprint density at radius 1 is 1.32 bits per heavy atom. The Kier molecular flexibility index (Phi) is 5.20. The van der Waals surface area contributed by atoms with Crippen molar-refractivity contribution in [2.45, 2.75) is 36.2 Å². The van der Waals surface area contributed by atoms with Gasteiger partial charge in [-0.05, 0) is 37.8 Å². The van der Waals surface area contributed by atoms with E-state index in [1.807, 2.05) is 0 Å². The van der Waals surface area contributed by atoms with Gasteiger partial charge in [0, 0.05) is 6.54 Å². The van der Waals surface area contributed by atoms with Gasteiger partial charge in [0.2, 0.25) is 10.0 Å². The number of nitrogens with one attached hydrogen (secondary N) is 1. The molecule has 0 atom stereocenters. The number of carbonyl (C=O) groups is 1. The van der Waals surface area contributed by atoms with E-state index < -0.39 is 15.6 Å². The predicted molar refractivity (Wildman–Crippen MR) is 80.6 cm³/mol. The van der Waals surface area contributed by atoms with Crippen molar-refractivity contribution >= 4 is 16.0 Å². The van der Waals surface area contributed by atoms with Crippen LogP contribution in [0, 0.1) is 5.92 Å². The second-order valence-electron chi connectivity index (χ2n) is 5.66. The molecule has 0 unspecified atom stereocenters. The highest BCUT2D eigenvalue weighted by molar-refractivity contribution is 7.89. The Morgan fingerprint density at radius 3 is 2.45 bits per heavy atom. The molecular formula is C15H21NO5S. The van der Waals surface area contributed by atoms with Crippen molar-refractivity contribution in [3.63, 3.8) is 0 Å². The van der Waals surface area contributed by atoms with E-state index in [0.29, 0.717) is 25.7 Å². The zero-order valence-electron chi connectivity index (χ0n) is 12.5. The summed E-state index contributed by atoms with van der Waals surface area (Å²) >= 11 is 0. The number of hydrogen-bond acceptors (Lipinski definition) is 5. The van der Waals surface area contributed by atoms with Crippen LogP contribution >= 0.6 is 0 Å². The summed E-state index contributed by atoms with van der Waals surface area (Å²) in [5.41, 5.74) is -1.12. The van der Waals surface area contributed by atoms with Gasteiger partial charge in [0.05, 0.1) is 23.5 Å². The van der Waals surface area contributed by atoms with Crippen molar-refractivity contribution in [2.75, 3.05) is 13.7 Å².